The molecule has 1 aromatic rings. The van der Waals surface area contributed by atoms with Gasteiger partial charge in [0.2, 0.25) is 0 Å². The van der Waals surface area contributed by atoms with Crippen molar-refractivity contribution in [1.82, 2.24) is 0 Å². The summed E-state index contributed by atoms with van der Waals surface area (Å²) in [7, 11) is 0. The monoisotopic (exact) mass is 286 g/mol. The summed E-state index contributed by atoms with van der Waals surface area (Å²) in [6, 6.07) is 2.59. The van der Waals surface area contributed by atoms with Crippen LogP contribution in [0.4, 0.5) is 15.8 Å². The lowest BCUT2D eigenvalue weighted by Gasteiger charge is -2.15. The molecule has 0 fully saturated rings. The molecule has 0 aromatic heterocycles. The second kappa shape index (κ2) is 7.33. The Hall–Kier alpha value is -1.30. The first-order valence-corrected chi connectivity index (χ1v) is 7.40. The molecular formula is C13H19FN2O2S. The van der Waals surface area contributed by atoms with E-state index in [-0.39, 0.29) is 11.7 Å². The fourth-order valence-electron chi connectivity index (χ4n) is 1.68. The summed E-state index contributed by atoms with van der Waals surface area (Å²) in [5.41, 5.74) is 0.583. The van der Waals surface area contributed by atoms with Crippen LogP contribution in [-0.4, -0.2) is 22.5 Å². The first-order chi connectivity index (χ1) is 8.95. The van der Waals surface area contributed by atoms with Crippen LogP contribution in [0.2, 0.25) is 0 Å². The van der Waals surface area contributed by atoms with Gasteiger partial charge < -0.3 is 5.32 Å². The average Bonchev–Trinajstić information content (AvgIpc) is 2.33. The smallest absolute Gasteiger partial charge is 0.295 e. The van der Waals surface area contributed by atoms with E-state index in [1.54, 1.807) is 6.92 Å². The number of aryl methyl sites for hydroxylation is 1. The molecule has 1 atom stereocenters. The molecule has 0 bridgehead atoms. The van der Waals surface area contributed by atoms with Crippen molar-refractivity contribution in [2.45, 2.75) is 33.2 Å². The Morgan fingerprint density at radius 1 is 1.53 bits per heavy atom. The number of hydrogen-bond acceptors (Lipinski definition) is 4. The van der Waals surface area contributed by atoms with Crippen molar-refractivity contribution in [3.63, 3.8) is 0 Å². The van der Waals surface area contributed by atoms with E-state index in [4.69, 9.17) is 0 Å². The average molecular weight is 286 g/mol. The van der Waals surface area contributed by atoms with Crippen LogP contribution in [0.15, 0.2) is 12.1 Å². The van der Waals surface area contributed by atoms with E-state index >= 15 is 0 Å². The van der Waals surface area contributed by atoms with E-state index in [1.807, 2.05) is 18.7 Å². The Morgan fingerprint density at radius 2 is 2.21 bits per heavy atom. The van der Waals surface area contributed by atoms with Crippen LogP contribution in [0.3, 0.4) is 0 Å². The number of rotatable bonds is 7. The Kier molecular flexibility index (Phi) is 6.08. The zero-order valence-electron chi connectivity index (χ0n) is 11.4. The molecule has 1 aromatic carbocycles. The normalized spacial score (nSPS) is 12.2. The van der Waals surface area contributed by atoms with Crippen molar-refractivity contribution < 1.29 is 9.31 Å². The van der Waals surface area contributed by atoms with Gasteiger partial charge in [0.15, 0.2) is 0 Å². The van der Waals surface area contributed by atoms with E-state index in [0.29, 0.717) is 11.3 Å². The van der Waals surface area contributed by atoms with Crippen molar-refractivity contribution in [1.29, 1.82) is 0 Å². The van der Waals surface area contributed by atoms with Crippen LogP contribution in [0, 0.1) is 22.9 Å². The minimum absolute atomic E-state index is 0.114. The highest BCUT2D eigenvalue weighted by atomic mass is 32.2. The molecule has 19 heavy (non-hydrogen) atoms. The van der Waals surface area contributed by atoms with Gasteiger partial charge in [-0.1, -0.05) is 6.92 Å². The first-order valence-electron chi connectivity index (χ1n) is 6.24. The number of nitro benzene ring substituents is 1. The van der Waals surface area contributed by atoms with E-state index < -0.39 is 10.7 Å². The second-order valence-electron chi connectivity index (χ2n) is 4.41. The highest BCUT2D eigenvalue weighted by Gasteiger charge is 2.18. The van der Waals surface area contributed by atoms with Gasteiger partial charge in [0, 0.05) is 6.04 Å². The third-order valence-electron chi connectivity index (χ3n) is 2.77. The molecule has 0 saturated carbocycles. The lowest BCUT2D eigenvalue weighted by atomic mass is 10.1. The van der Waals surface area contributed by atoms with Gasteiger partial charge >= 0.3 is 0 Å². The number of thioether (sulfide) groups is 1. The lowest BCUT2D eigenvalue weighted by molar-refractivity contribution is -0.384. The number of nitro groups is 1. The molecule has 1 N–H and O–H groups in total. The van der Waals surface area contributed by atoms with E-state index in [0.717, 1.165) is 24.0 Å². The van der Waals surface area contributed by atoms with Crippen molar-refractivity contribution in [3.8, 4) is 0 Å². The molecule has 1 unspecified atom stereocenters. The molecule has 0 aliphatic heterocycles. The number of halogens is 1. The third-order valence-corrected chi connectivity index (χ3v) is 3.71. The predicted molar refractivity (Wildman–Crippen MR) is 78.5 cm³/mol. The molecule has 0 radical (unpaired) electrons. The van der Waals surface area contributed by atoms with E-state index in [2.05, 4.69) is 12.2 Å². The minimum atomic E-state index is -0.557. The molecule has 4 nitrogen and oxygen atoms in total. The second-order valence-corrected chi connectivity index (χ2v) is 5.80. The Morgan fingerprint density at radius 3 is 2.79 bits per heavy atom. The lowest BCUT2D eigenvalue weighted by Crippen LogP contribution is -2.17. The molecule has 1 rings (SSSR count). The maximum absolute atomic E-state index is 13.4. The van der Waals surface area contributed by atoms with Crippen LogP contribution in [0.5, 0.6) is 0 Å². The summed E-state index contributed by atoms with van der Waals surface area (Å²) < 4.78 is 13.4. The molecule has 0 saturated heterocycles. The summed E-state index contributed by atoms with van der Waals surface area (Å²) in [5.74, 6) is 1.51. The van der Waals surface area contributed by atoms with Crippen molar-refractivity contribution in [2.24, 2.45) is 0 Å². The molecule has 0 aliphatic carbocycles. The Bertz CT molecular complexity index is 455. The zero-order chi connectivity index (χ0) is 14.4. The van der Waals surface area contributed by atoms with Gasteiger partial charge in [0.05, 0.1) is 11.0 Å². The zero-order valence-corrected chi connectivity index (χ0v) is 12.2. The van der Waals surface area contributed by atoms with Gasteiger partial charge in [0.25, 0.3) is 5.69 Å². The standard InChI is InChI=1S/C13H19FN2O2S/c1-4-19-6-5-10(3)15-12-7-9(2)11(14)8-13(12)16(17)18/h7-8,10,15H,4-6H2,1-3H3. The summed E-state index contributed by atoms with van der Waals surface area (Å²) in [6.07, 6.45) is 0.909. The van der Waals surface area contributed by atoms with Gasteiger partial charge in [-0.15, -0.1) is 0 Å². The summed E-state index contributed by atoms with van der Waals surface area (Å²) in [6.45, 7) is 5.66. The Balaban J connectivity index is 2.81. The minimum Gasteiger partial charge on any atom is -0.377 e. The van der Waals surface area contributed by atoms with Gasteiger partial charge in [0.1, 0.15) is 11.5 Å². The highest BCUT2D eigenvalue weighted by Crippen LogP contribution is 2.28. The van der Waals surface area contributed by atoms with Gasteiger partial charge in [-0.05, 0) is 43.4 Å². The number of hydrogen-bond donors (Lipinski definition) is 1. The highest BCUT2D eigenvalue weighted by molar-refractivity contribution is 7.99. The van der Waals surface area contributed by atoms with Crippen molar-refractivity contribution >= 4 is 23.1 Å². The van der Waals surface area contributed by atoms with E-state index in [1.165, 1.54) is 6.07 Å². The van der Waals surface area contributed by atoms with Gasteiger partial charge in [-0.25, -0.2) is 4.39 Å². The molecule has 0 amide bonds. The van der Waals surface area contributed by atoms with Crippen molar-refractivity contribution in [2.75, 3.05) is 16.8 Å². The summed E-state index contributed by atoms with van der Waals surface area (Å²) in [4.78, 5) is 10.4. The first kappa shape index (κ1) is 15.8. The fraction of sp³-hybridized carbons (Fsp3) is 0.538. The van der Waals surface area contributed by atoms with Crippen molar-refractivity contribution in [3.05, 3.63) is 33.6 Å². The molecule has 0 aliphatic rings. The fourth-order valence-corrected chi connectivity index (χ4v) is 2.49. The maximum atomic E-state index is 13.4. The quantitative estimate of drug-likeness (QED) is 0.468. The van der Waals surface area contributed by atoms with Crippen LogP contribution in [0.1, 0.15) is 25.8 Å². The molecule has 0 spiro atoms. The number of nitrogens with one attached hydrogen (secondary N) is 1. The number of nitrogens with zero attached hydrogens (tertiary/aromatic N) is 1. The van der Waals surface area contributed by atoms with Gasteiger partial charge in [-0.3, -0.25) is 10.1 Å². The van der Waals surface area contributed by atoms with E-state index in [9.17, 15) is 14.5 Å². The Labute approximate surface area is 116 Å². The maximum Gasteiger partial charge on any atom is 0.295 e. The van der Waals surface area contributed by atoms with Crippen LogP contribution >= 0.6 is 11.8 Å². The van der Waals surface area contributed by atoms with Crippen LogP contribution in [0.25, 0.3) is 0 Å². The van der Waals surface area contributed by atoms with Crippen LogP contribution in [-0.2, 0) is 0 Å². The number of benzene rings is 1. The predicted octanol–water partition coefficient (Wildman–Crippen LogP) is 3.99. The molecule has 106 valence electrons. The van der Waals surface area contributed by atoms with Crippen LogP contribution < -0.4 is 5.32 Å². The topological polar surface area (TPSA) is 55.2 Å². The summed E-state index contributed by atoms with van der Waals surface area (Å²) >= 11 is 1.83. The molecule has 6 heteroatoms. The number of anilines is 1. The third kappa shape index (κ3) is 4.70. The molecular weight excluding hydrogens is 267 g/mol. The van der Waals surface area contributed by atoms with Gasteiger partial charge in [-0.2, -0.15) is 11.8 Å². The SMILES string of the molecule is CCSCCC(C)Nc1cc(C)c(F)cc1[N+](=O)[O-]. The molecule has 0 heterocycles. The summed E-state index contributed by atoms with van der Waals surface area (Å²) in [5, 5.41) is 14.0. The largest absolute Gasteiger partial charge is 0.377 e.